The summed E-state index contributed by atoms with van der Waals surface area (Å²) in [6.07, 6.45) is 16.9. The molecule has 1 saturated carbocycles. The minimum Gasteiger partial charge on any atom is -0.247 e. The Morgan fingerprint density at radius 1 is 0.758 bits per heavy atom. The van der Waals surface area contributed by atoms with Crippen LogP contribution < -0.4 is 0 Å². The van der Waals surface area contributed by atoms with E-state index in [0.717, 1.165) is 31.2 Å². The third-order valence-corrected chi connectivity index (χ3v) is 6.98. The second kappa shape index (κ2) is 13.6. The van der Waals surface area contributed by atoms with E-state index in [2.05, 4.69) is 6.92 Å². The van der Waals surface area contributed by atoms with E-state index in [1.807, 2.05) is 30.3 Å². The van der Waals surface area contributed by atoms with E-state index in [4.69, 9.17) is 0 Å². The first kappa shape index (κ1) is 25.6. The lowest BCUT2D eigenvalue weighted by Gasteiger charge is -2.24. The molecule has 2 aromatic carbocycles. The molecule has 0 N–H and O–H groups in total. The van der Waals surface area contributed by atoms with Crippen molar-refractivity contribution in [1.82, 2.24) is 0 Å². The van der Waals surface area contributed by atoms with Crippen molar-refractivity contribution in [3.8, 4) is 11.1 Å². The van der Waals surface area contributed by atoms with Gasteiger partial charge in [-0.25, -0.2) is 13.2 Å². The third-order valence-electron chi connectivity index (χ3n) is 6.98. The molecule has 0 aliphatic heterocycles. The molecule has 1 aliphatic carbocycles. The van der Waals surface area contributed by atoms with Crippen LogP contribution in [0.3, 0.4) is 0 Å². The van der Waals surface area contributed by atoms with Crippen LogP contribution in [0.15, 0.2) is 42.5 Å². The molecular formula is C30H39F3. The van der Waals surface area contributed by atoms with E-state index in [1.54, 1.807) is 18.2 Å². The number of alkyl halides is 1. The molecule has 0 nitrogen and oxygen atoms in total. The number of allylic oxidation sites excluding steroid dienone is 1. The summed E-state index contributed by atoms with van der Waals surface area (Å²) >= 11 is 0. The number of rotatable bonds is 12. The highest BCUT2D eigenvalue weighted by atomic mass is 19.2. The van der Waals surface area contributed by atoms with Crippen molar-refractivity contribution < 1.29 is 13.2 Å². The van der Waals surface area contributed by atoms with Gasteiger partial charge in [-0.1, -0.05) is 100 Å². The highest BCUT2D eigenvalue weighted by Crippen LogP contribution is 2.35. The summed E-state index contributed by atoms with van der Waals surface area (Å²) in [6.45, 7) is 2.23. The van der Waals surface area contributed by atoms with E-state index in [0.29, 0.717) is 29.9 Å². The largest absolute Gasteiger partial charge is 0.247 e. The molecular weight excluding hydrogens is 417 g/mol. The molecule has 0 saturated heterocycles. The van der Waals surface area contributed by atoms with Crippen LogP contribution in [0, 0.1) is 11.6 Å². The monoisotopic (exact) mass is 456 g/mol. The molecule has 0 radical (unpaired) electrons. The Labute approximate surface area is 198 Å². The minimum absolute atomic E-state index is 0.284. The topological polar surface area (TPSA) is 0 Å². The first-order valence-corrected chi connectivity index (χ1v) is 13.0. The zero-order valence-corrected chi connectivity index (χ0v) is 20.1. The average Bonchev–Trinajstić information content (AvgIpc) is 2.83. The number of unbranched alkanes of at least 4 members (excludes halogenated alkanes) is 8. The minimum atomic E-state index is -0.796. The maximum Gasteiger partial charge on any atom is 0.167 e. The Morgan fingerprint density at radius 2 is 1.39 bits per heavy atom. The fraction of sp³-hybridized carbons (Fsp3) is 0.533. The van der Waals surface area contributed by atoms with Gasteiger partial charge < -0.3 is 0 Å². The summed E-state index contributed by atoms with van der Waals surface area (Å²) in [4.78, 5) is 0. The van der Waals surface area contributed by atoms with Gasteiger partial charge >= 0.3 is 0 Å². The number of hydrogen-bond donors (Lipinski definition) is 0. The Hall–Kier alpha value is -2.03. The normalized spacial score (nSPS) is 18.8. The van der Waals surface area contributed by atoms with Gasteiger partial charge in [-0.15, -0.1) is 0 Å². The molecule has 3 rings (SSSR count). The molecule has 3 heteroatoms. The quantitative estimate of drug-likeness (QED) is 0.279. The Bertz CT molecular complexity index is 861. The van der Waals surface area contributed by atoms with Crippen molar-refractivity contribution in [3.63, 3.8) is 0 Å². The second-order valence-electron chi connectivity index (χ2n) is 9.57. The van der Waals surface area contributed by atoms with E-state index < -0.39 is 17.8 Å². The average molecular weight is 457 g/mol. The van der Waals surface area contributed by atoms with Crippen LogP contribution in [0.1, 0.15) is 107 Å². The van der Waals surface area contributed by atoms with Gasteiger partial charge in [0.15, 0.2) is 11.6 Å². The van der Waals surface area contributed by atoms with E-state index in [1.165, 1.54) is 44.9 Å². The van der Waals surface area contributed by atoms with Gasteiger partial charge in [0.25, 0.3) is 0 Å². The van der Waals surface area contributed by atoms with Crippen molar-refractivity contribution >= 4 is 6.08 Å². The maximum atomic E-state index is 14.8. The maximum absolute atomic E-state index is 14.8. The summed E-state index contributed by atoms with van der Waals surface area (Å²) in [7, 11) is 0. The van der Waals surface area contributed by atoms with Gasteiger partial charge in [-0.2, -0.15) is 0 Å². The summed E-state index contributed by atoms with van der Waals surface area (Å²) in [6, 6.07) is 11.0. The lowest BCUT2D eigenvalue weighted by molar-refractivity contribution is 0.235. The molecule has 0 aromatic heterocycles. The third kappa shape index (κ3) is 7.76. The van der Waals surface area contributed by atoms with E-state index in [-0.39, 0.29) is 5.56 Å². The second-order valence-corrected chi connectivity index (χ2v) is 9.57. The molecule has 1 aliphatic rings. The van der Waals surface area contributed by atoms with Gasteiger partial charge in [0.05, 0.1) is 0 Å². The van der Waals surface area contributed by atoms with Crippen molar-refractivity contribution in [1.29, 1.82) is 0 Å². The van der Waals surface area contributed by atoms with Gasteiger partial charge in [-0.3, -0.25) is 0 Å². The zero-order chi connectivity index (χ0) is 23.5. The lowest BCUT2D eigenvalue weighted by atomic mass is 9.83. The Balaban J connectivity index is 1.51. The highest BCUT2D eigenvalue weighted by molar-refractivity contribution is 5.67. The molecule has 2 aromatic rings. The van der Waals surface area contributed by atoms with Crippen LogP contribution >= 0.6 is 0 Å². The molecule has 0 unspecified atom stereocenters. The van der Waals surface area contributed by atoms with Crippen molar-refractivity contribution in [2.24, 2.45) is 0 Å². The van der Waals surface area contributed by atoms with Crippen molar-refractivity contribution in [3.05, 3.63) is 65.2 Å². The van der Waals surface area contributed by atoms with Gasteiger partial charge in [0, 0.05) is 11.1 Å². The summed E-state index contributed by atoms with van der Waals surface area (Å²) < 4.78 is 42.9. The summed E-state index contributed by atoms with van der Waals surface area (Å²) in [5, 5.41) is 0. The van der Waals surface area contributed by atoms with Gasteiger partial charge in [0.2, 0.25) is 0 Å². The highest BCUT2D eigenvalue weighted by Gasteiger charge is 2.22. The predicted molar refractivity (Wildman–Crippen MR) is 134 cm³/mol. The van der Waals surface area contributed by atoms with Gasteiger partial charge in [0.1, 0.15) is 6.17 Å². The fourth-order valence-corrected chi connectivity index (χ4v) is 4.84. The predicted octanol–water partition coefficient (Wildman–Crippen LogP) is 10.2. The standard InChI is InChI=1S/C30H39F3/c1-2-3-4-5-6-7-8-9-10-11-12-26-19-22-28(30(33)29(26)32)25-15-13-23(14-16-25)24-17-20-27(31)21-18-24/h11-16,19,22,24,27H,2-10,17-18,20-21H2,1H3. The number of hydrogen-bond acceptors (Lipinski definition) is 0. The molecule has 33 heavy (non-hydrogen) atoms. The smallest absolute Gasteiger partial charge is 0.167 e. The molecule has 0 amide bonds. The Kier molecular flexibility index (Phi) is 10.6. The zero-order valence-electron chi connectivity index (χ0n) is 20.1. The Morgan fingerprint density at radius 3 is 2.06 bits per heavy atom. The number of benzene rings is 2. The summed E-state index contributed by atoms with van der Waals surface area (Å²) in [5.74, 6) is -1.22. The summed E-state index contributed by atoms with van der Waals surface area (Å²) in [5.41, 5.74) is 2.41. The van der Waals surface area contributed by atoms with Crippen molar-refractivity contribution in [2.45, 2.75) is 102 Å². The molecule has 0 bridgehead atoms. The fourth-order valence-electron chi connectivity index (χ4n) is 4.84. The van der Waals surface area contributed by atoms with Crippen LogP contribution in [-0.2, 0) is 0 Å². The van der Waals surface area contributed by atoms with Crippen molar-refractivity contribution in [2.75, 3.05) is 0 Å². The van der Waals surface area contributed by atoms with E-state index >= 15 is 0 Å². The van der Waals surface area contributed by atoms with Crippen LogP contribution in [0.2, 0.25) is 0 Å². The molecule has 0 spiro atoms. The molecule has 0 heterocycles. The first-order chi connectivity index (χ1) is 16.1. The van der Waals surface area contributed by atoms with Crippen LogP contribution in [-0.4, -0.2) is 6.17 Å². The number of halogens is 3. The molecule has 180 valence electrons. The van der Waals surface area contributed by atoms with Gasteiger partial charge in [-0.05, 0) is 55.6 Å². The van der Waals surface area contributed by atoms with Crippen LogP contribution in [0.25, 0.3) is 17.2 Å². The SMILES string of the molecule is CCCCCCCCCCC=Cc1ccc(-c2ccc(C3CCC(F)CC3)cc2)c(F)c1F. The lowest BCUT2D eigenvalue weighted by Crippen LogP contribution is -2.13. The molecule has 1 fully saturated rings. The van der Waals surface area contributed by atoms with Crippen LogP contribution in [0.5, 0.6) is 0 Å². The first-order valence-electron chi connectivity index (χ1n) is 13.0. The van der Waals surface area contributed by atoms with E-state index in [9.17, 15) is 13.2 Å². The van der Waals surface area contributed by atoms with Crippen LogP contribution in [0.4, 0.5) is 13.2 Å². The molecule has 0 atom stereocenters.